The number of hydrogen-bond donors (Lipinski definition) is 0. The number of carbonyl (C=O) groups is 2. The van der Waals surface area contributed by atoms with E-state index in [0.29, 0.717) is 31.7 Å². The highest BCUT2D eigenvalue weighted by atomic mass is 19.1. The number of halogens is 1. The van der Waals surface area contributed by atoms with Gasteiger partial charge in [0.15, 0.2) is 0 Å². The summed E-state index contributed by atoms with van der Waals surface area (Å²) in [6, 6.07) is 14.2. The molecule has 1 atom stereocenters. The molecule has 1 amide bonds. The predicted molar refractivity (Wildman–Crippen MR) is 162 cm³/mol. The molecule has 10 heteroatoms. The molecule has 3 heterocycles. The molecule has 0 aliphatic carbocycles. The lowest BCUT2D eigenvalue weighted by molar-refractivity contribution is 0.0119. The number of ether oxygens (including phenoxy) is 2. The van der Waals surface area contributed by atoms with E-state index >= 15 is 0 Å². The molecule has 0 radical (unpaired) electrons. The number of aromatic nitrogens is 3. The fourth-order valence-corrected chi connectivity index (χ4v) is 5.18. The first-order valence-corrected chi connectivity index (χ1v) is 14.4. The van der Waals surface area contributed by atoms with E-state index in [2.05, 4.69) is 21.0 Å². The molecule has 1 saturated heterocycles. The van der Waals surface area contributed by atoms with Gasteiger partial charge in [0.05, 0.1) is 17.8 Å². The fourth-order valence-electron chi connectivity index (χ4n) is 5.18. The zero-order valence-corrected chi connectivity index (χ0v) is 25.5. The number of hydrogen-bond acceptors (Lipinski definition) is 7. The molecule has 0 bridgehead atoms. The molecule has 1 aliphatic rings. The predicted octanol–water partition coefficient (Wildman–Crippen LogP) is 6.66. The van der Waals surface area contributed by atoms with E-state index < -0.39 is 17.3 Å². The Morgan fingerprint density at radius 2 is 1.42 bits per heavy atom. The zero-order valence-electron chi connectivity index (χ0n) is 25.5. The van der Waals surface area contributed by atoms with Gasteiger partial charge < -0.3 is 14.4 Å². The number of pyridine rings is 1. The quantitative estimate of drug-likeness (QED) is 0.264. The monoisotopic (exact) mass is 587 g/mol. The summed E-state index contributed by atoms with van der Waals surface area (Å²) in [5.74, 6) is -0.302. The second-order valence-corrected chi connectivity index (χ2v) is 12.8. The van der Waals surface area contributed by atoms with Crippen molar-refractivity contribution in [2.24, 2.45) is 0 Å². The molecule has 5 rings (SSSR count). The normalized spacial score (nSPS) is 15.4. The van der Waals surface area contributed by atoms with Crippen LogP contribution < -0.4 is 0 Å². The molecule has 1 unspecified atom stereocenters. The summed E-state index contributed by atoms with van der Waals surface area (Å²) >= 11 is 0. The summed E-state index contributed by atoms with van der Waals surface area (Å²) < 4.78 is 26.2. The molecule has 0 N–H and O–H groups in total. The molecule has 2 aromatic heterocycles. The average Bonchev–Trinajstić information content (AvgIpc) is 3.37. The highest BCUT2D eigenvalue weighted by Crippen LogP contribution is 2.33. The van der Waals surface area contributed by atoms with Crippen LogP contribution in [0.2, 0.25) is 0 Å². The van der Waals surface area contributed by atoms with Crippen LogP contribution in [0.1, 0.15) is 58.7 Å². The first-order chi connectivity index (χ1) is 20.3. The molecule has 9 nitrogen and oxygen atoms in total. The number of fused-ring (bicyclic) bond motifs is 1. The first-order valence-electron chi connectivity index (χ1n) is 14.4. The number of amides is 1. The number of carbonyl (C=O) groups excluding carboxylic acids is 2. The van der Waals surface area contributed by atoms with E-state index in [-0.39, 0.29) is 18.0 Å². The van der Waals surface area contributed by atoms with E-state index in [9.17, 15) is 14.0 Å². The molecule has 0 saturated carbocycles. The third kappa shape index (κ3) is 7.19. The van der Waals surface area contributed by atoms with Crippen molar-refractivity contribution in [1.29, 1.82) is 0 Å². The maximum Gasteiger partial charge on any atom is 0.435 e. The van der Waals surface area contributed by atoms with E-state index in [1.807, 2.05) is 65.9 Å². The van der Waals surface area contributed by atoms with Gasteiger partial charge in [-0.05, 0) is 88.6 Å². The lowest BCUT2D eigenvalue weighted by Gasteiger charge is -2.40. The summed E-state index contributed by atoms with van der Waals surface area (Å²) in [5.41, 5.74) is 3.13. The Balaban J connectivity index is 1.42. The minimum atomic E-state index is -0.634. The topological polar surface area (TPSA) is 89.8 Å². The Morgan fingerprint density at radius 3 is 2.07 bits per heavy atom. The summed E-state index contributed by atoms with van der Waals surface area (Å²) in [6.07, 6.45) is 4.42. The second kappa shape index (κ2) is 11.8. The van der Waals surface area contributed by atoms with E-state index in [0.717, 1.165) is 27.6 Å². The number of piperazine rings is 1. The highest BCUT2D eigenvalue weighted by molar-refractivity contribution is 5.90. The standard InChI is InChI=1S/C33H38FN5O4/c1-32(2,3)42-30(40)38-15-13-37(14-16-38)29(22-7-10-27(34)11-8-22)26-18-24(19-35-20-26)23-9-12-28-25(17-23)21-36-39(28)31(41)43-33(4,5)6/h7-12,17-21,29H,13-16H2,1-6H3. The number of benzene rings is 2. The smallest absolute Gasteiger partial charge is 0.435 e. The zero-order chi connectivity index (χ0) is 30.9. The molecule has 0 spiro atoms. The van der Waals surface area contributed by atoms with Crippen LogP contribution in [0.5, 0.6) is 0 Å². The van der Waals surface area contributed by atoms with Crippen LogP contribution in [0.25, 0.3) is 22.0 Å². The lowest BCUT2D eigenvalue weighted by Crippen LogP contribution is -2.51. The van der Waals surface area contributed by atoms with E-state index in [4.69, 9.17) is 9.47 Å². The Bertz CT molecular complexity index is 1610. The number of nitrogens with zero attached hydrogens (tertiary/aromatic N) is 5. The van der Waals surface area contributed by atoms with Gasteiger partial charge in [-0.3, -0.25) is 9.88 Å². The van der Waals surface area contributed by atoms with Crippen molar-refractivity contribution in [3.8, 4) is 11.1 Å². The SMILES string of the molecule is CC(C)(C)OC(=O)N1CCN(C(c2ccc(F)cc2)c2cncc(-c3ccc4c(cnn4C(=O)OC(C)(C)C)c3)c2)CC1. The van der Waals surface area contributed by atoms with Gasteiger partial charge in [0.2, 0.25) is 0 Å². The van der Waals surface area contributed by atoms with Crippen LogP contribution in [0.3, 0.4) is 0 Å². The molecule has 4 aromatic rings. The molecule has 43 heavy (non-hydrogen) atoms. The van der Waals surface area contributed by atoms with Crippen molar-refractivity contribution in [3.05, 3.63) is 84.1 Å². The molecule has 226 valence electrons. The van der Waals surface area contributed by atoms with Gasteiger partial charge in [0, 0.05) is 49.5 Å². The van der Waals surface area contributed by atoms with Crippen molar-refractivity contribution in [2.45, 2.75) is 58.8 Å². The van der Waals surface area contributed by atoms with Gasteiger partial charge in [0.25, 0.3) is 0 Å². The van der Waals surface area contributed by atoms with Crippen LogP contribution in [-0.2, 0) is 9.47 Å². The van der Waals surface area contributed by atoms with Crippen molar-refractivity contribution < 1.29 is 23.5 Å². The Morgan fingerprint density at radius 1 is 0.767 bits per heavy atom. The summed E-state index contributed by atoms with van der Waals surface area (Å²) in [6.45, 7) is 13.3. The lowest BCUT2D eigenvalue weighted by atomic mass is 9.95. The van der Waals surface area contributed by atoms with Gasteiger partial charge in [0.1, 0.15) is 17.0 Å². The molecule has 2 aromatic carbocycles. The molecular formula is C33H38FN5O4. The van der Waals surface area contributed by atoms with Crippen molar-refractivity contribution >= 4 is 23.1 Å². The van der Waals surface area contributed by atoms with Crippen molar-refractivity contribution in [3.63, 3.8) is 0 Å². The largest absolute Gasteiger partial charge is 0.444 e. The minimum Gasteiger partial charge on any atom is -0.444 e. The Labute approximate surface area is 251 Å². The fraction of sp³-hybridized carbons (Fsp3) is 0.394. The summed E-state index contributed by atoms with van der Waals surface area (Å²) in [5, 5.41) is 5.05. The maximum atomic E-state index is 13.9. The Hall–Kier alpha value is -4.31. The summed E-state index contributed by atoms with van der Waals surface area (Å²) in [4.78, 5) is 33.9. The summed E-state index contributed by atoms with van der Waals surface area (Å²) in [7, 11) is 0. The van der Waals surface area contributed by atoms with Gasteiger partial charge >= 0.3 is 12.2 Å². The van der Waals surface area contributed by atoms with Gasteiger partial charge in [-0.25, -0.2) is 14.0 Å². The average molecular weight is 588 g/mol. The van der Waals surface area contributed by atoms with Crippen molar-refractivity contribution in [2.75, 3.05) is 26.2 Å². The van der Waals surface area contributed by atoms with Gasteiger partial charge in [-0.15, -0.1) is 0 Å². The van der Waals surface area contributed by atoms with Crippen LogP contribution in [-0.4, -0.2) is 74.1 Å². The van der Waals surface area contributed by atoms with E-state index in [1.165, 1.54) is 16.8 Å². The van der Waals surface area contributed by atoms with Gasteiger partial charge in [-0.1, -0.05) is 18.2 Å². The van der Waals surface area contributed by atoms with Crippen LogP contribution in [0.15, 0.2) is 67.1 Å². The minimum absolute atomic E-state index is 0.201. The number of rotatable bonds is 4. The van der Waals surface area contributed by atoms with E-state index in [1.54, 1.807) is 29.4 Å². The van der Waals surface area contributed by atoms with Gasteiger partial charge in [-0.2, -0.15) is 9.78 Å². The third-order valence-corrected chi connectivity index (χ3v) is 7.06. The second-order valence-electron chi connectivity index (χ2n) is 12.8. The van der Waals surface area contributed by atoms with Crippen LogP contribution in [0.4, 0.5) is 14.0 Å². The Kier molecular flexibility index (Phi) is 8.25. The molecular weight excluding hydrogens is 549 g/mol. The van der Waals surface area contributed by atoms with Crippen LogP contribution >= 0.6 is 0 Å². The van der Waals surface area contributed by atoms with Crippen LogP contribution in [0, 0.1) is 5.82 Å². The third-order valence-electron chi connectivity index (χ3n) is 7.06. The first kappa shape index (κ1) is 30.2. The molecule has 1 aliphatic heterocycles. The highest BCUT2D eigenvalue weighted by Gasteiger charge is 2.31. The molecule has 1 fully saturated rings. The van der Waals surface area contributed by atoms with Crippen molar-refractivity contribution in [1.82, 2.24) is 24.6 Å². The maximum absolute atomic E-state index is 13.9.